The second-order valence-corrected chi connectivity index (χ2v) is 7.25. The zero-order valence-electron chi connectivity index (χ0n) is 13.2. The minimum atomic E-state index is -0.403. The lowest BCUT2D eigenvalue weighted by molar-refractivity contribution is -0.115. The van der Waals surface area contributed by atoms with Gasteiger partial charge in [0.2, 0.25) is 5.91 Å². The van der Waals surface area contributed by atoms with Crippen molar-refractivity contribution in [3.05, 3.63) is 46.2 Å². The second kappa shape index (κ2) is 7.14. The van der Waals surface area contributed by atoms with E-state index in [4.69, 9.17) is 0 Å². The van der Waals surface area contributed by atoms with Crippen LogP contribution < -0.4 is 10.9 Å². The van der Waals surface area contributed by atoms with Crippen molar-refractivity contribution >= 4 is 45.0 Å². The summed E-state index contributed by atoms with van der Waals surface area (Å²) < 4.78 is 1.60. The van der Waals surface area contributed by atoms with Gasteiger partial charge in [-0.3, -0.25) is 14.2 Å². The topological polar surface area (TPSA) is 76.9 Å². The van der Waals surface area contributed by atoms with Crippen LogP contribution in [0.15, 0.2) is 45.8 Å². The van der Waals surface area contributed by atoms with Crippen LogP contribution in [0, 0.1) is 0 Å². The number of hydrogen-bond acceptors (Lipinski definition) is 6. The van der Waals surface area contributed by atoms with E-state index in [0.717, 1.165) is 0 Å². The third-order valence-corrected chi connectivity index (χ3v) is 5.24. The summed E-state index contributed by atoms with van der Waals surface area (Å²) in [6.07, 6.45) is 1.64. The molecule has 0 saturated carbocycles. The number of anilines is 1. The maximum Gasteiger partial charge on any atom is 0.262 e. The molecule has 2 aromatic heterocycles. The van der Waals surface area contributed by atoms with E-state index < -0.39 is 5.25 Å². The number of fused-ring (bicyclic) bond motifs is 1. The lowest BCUT2D eigenvalue weighted by atomic mass is 10.2. The van der Waals surface area contributed by atoms with Crippen LogP contribution in [-0.4, -0.2) is 25.7 Å². The molecule has 3 aromatic rings. The molecule has 0 bridgehead atoms. The van der Waals surface area contributed by atoms with Gasteiger partial charge in [-0.1, -0.05) is 23.9 Å². The number of carbonyl (C=O) groups is 1. The Hall–Kier alpha value is -2.19. The summed E-state index contributed by atoms with van der Waals surface area (Å²) in [5.41, 5.74) is 0.556. The van der Waals surface area contributed by atoms with Crippen molar-refractivity contribution in [2.75, 3.05) is 5.32 Å². The molecule has 8 heteroatoms. The molecule has 3 rings (SSSR count). The van der Waals surface area contributed by atoms with Crippen LogP contribution in [0.25, 0.3) is 10.9 Å². The lowest BCUT2D eigenvalue weighted by Crippen LogP contribution is -2.26. The van der Waals surface area contributed by atoms with E-state index >= 15 is 0 Å². The normalized spacial score (nSPS) is 12.2. The average Bonchev–Trinajstić information content (AvgIpc) is 3.08. The van der Waals surface area contributed by atoms with Gasteiger partial charge in [-0.15, -0.1) is 11.3 Å². The minimum absolute atomic E-state index is 0.0851. The fourth-order valence-corrected chi connectivity index (χ4v) is 3.72. The number of rotatable bonds is 5. The van der Waals surface area contributed by atoms with Gasteiger partial charge in [-0.05, 0) is 26.0 Å². The smallest absolute Gasteiger partial charge is 0.262 e. The number of nitrogens with zero attached hydrogens (tertiary/aromatic N) is 3. The number of thioether (sulfide) groups is 1. The monoisotopic (exact) mass is 360 g/mol. The molecule has 124 valence electrons. The first-order valence-electron chi connectivity index (χ1n) is 7.46. The number of carbonyl (C=O) groups excluding carboxylic acids is 1. The van der Waals surface area contributed by atoms with Gasteiger partial charge in [0, 0.05) is 18.1 Å². The van der Waals surface area contributed by atoms with Gasteiger partial charge in [0.15, 0.2) is 10.3 Å². The van der Waals surface area contributed by atoms with E-state index in [1.54, 1.807) is 35.2 Å². The molecule has 0 aliphatic heterocycles. The van der Waals surface area contributed by atoms with Crippen molar-refractivity contribution in [1.82, 2.24) is 14.5 Å². The Kier molecular flexibility index (Phi) is 4.96. The van der Waals surface area contributed by atoms with E-state index in [9.17, 15) is 9.59 Å². The highest BCUT2D eigenvalue weighted by Gasteiger charge is 2.19. The largest absolute Gasteiger partial charge is 0.301 e. The zero-order chi connectivity index (χ0) is 17.1. The summed E-state index contributed by atoms with van der Waals surface area (Å²) in [6, 6.07) is 7.24. The van der Waals surface area contributed by atoms with E-state index in [1.807, 2.05) is 19.1 Å². The van der Waals surface area contributed by atoms with Crippen LogP contribution in [0.1, 0.15) is 13.8 Å². The average molecular weight is 360 g/mol. The summed E-state index contributed by atoms with van der Waals surface area (Å²) in [7, 11) is 0. The molecule has 1 N–H and O–H groups in total. The molecule has 6 nitrogen and oxygen atoms in total. The molecule has 0 saturated heterocycles. The van der Waals surface area contributed by atoms with Gasteiger partial charge < -0.3 is 5.32 Å². The van der Waals surface area contributed by atoms with Crippen LogP contribution in [0.2, 0.25) is 0 Å². The van der Waals surface area contributed by atoms with Gasteiger partial charge in [0.05, 0.1) is 16.2 Å². The molecule has 1 amide bonds. The molecule has 1 aromatic carbocycles. The van der Waals surface area contributed by atoms with E-state index in [-0.39, 0.29) is 11.5 Å². The summed E-state index contributed by atoms with van der Waals surface area (Å²) in [6.45, 7) is 4.18. The van der Waals surface area contributed by atoms with Crippen LogP contribution in [-0.2, 0) is 11.3 Å². The van der Waals surface area contributed by atoms with Crippen molar-refractivity contribution in [2.45, 2.75) is 30.8 Å². The highest BCUT2D eigenvalue weighted by molar-refractivity contribution is 8.00. The molecule has 1 atom stereocenters. The summed E-state index contributed by atoms with van der Waals surface area (Å²) >= 11 is 2.63. The van der Waals surface area contributed by atoms with E-state index in [2.05, 4.69) is 15.3 Å². The Morgan fingerprint density at radius 3 is 2.92 bits per heavy atom. The number of nitrogens with one attached hydrogen (secondary N) is 1. The van der Waals surface area contributed by atoms with Crippen molar-refractivity contribution in [1.29, 1.82) is 0 Å². The number of aromatic nitrogens is 3. The standard InChI is InChI=1S/C16H16N4O2S2/c1-3-20-14(22)11-6-4-5-7-12(11)18-16(20)24-10(2)13(21)19-15-17-8-9-23-15/h4-10H,3H2,1-2H3,(H,17,19,21). The van der Waals surface area contributed by atoms with Gasteiger partial charge in [-0.25, -0.2) is 9.97 Å². The Bertz CT molecular complexity index is 921. The number of hydrogen-bond donors (Lipinski definition) is 1. The molecule has 0 aliphatic carbocycles. The third-order valence-electron chi connectivity index (χ3n) is 3.46. The first kappa shape index (κ1) is 16.7. The number of thiazole rings is 1. The predicted molar refractivity (Wildman–Crippen MR) is 97.7 cm³/mol. The van der Waals surface area contributed by atoms with Crippen LogP contribution in [0.5, 0.6) is 0 Å². The molecule has 1 unspecified atom stereocenters. The minimum Gasteiger partial charge on any atom is -0.301 e. The highest BCUT2D eigenvalue weighted by atomic mass is 32.2. The maximum atomic E-state index is 12.6. The Morgan fingerprint density at radius 2 is 2.21 bits per heavy atom. The fraction of sp³-hybridized carbons (Fsp3) is 0.250. The molecular formula is C16H16N4O2S2. The van der Waals surface area contributed by atoms with E-state index in [0.29, 0.717) is 27.7 Å². The summed E-state index contributed by atoms with van der Waals surface area (Å²) in [5, 5.41) is 5.85. The second-order valence-electron chi connectivity index (χ2n) is 5.05. The van der Waals surface area contributed by atoms with Crippen molar-refractivity contribution in [2.24, 2.45) is 0 Å². The number of benzene rings is 1. The van der Waals surface area contributed by atoms with Crippen molar-refractivity contribution in [3.8, 4) is 0 Å². The van der Waals surface area contributed by atoms with Gasteiger partial charge in [-0.2, -0.15) is 0 Å². The molecule has 0 aliphatic rings. The molecular weight excluding hydrogens is 344 g/mol. The molecule has 24 heavy (non-hydrogen) atoms. The molecule has 0 spiro atoms. The van der Waals surface area contributed by atoms with E-state index in [1.165, 1.54) is 23.1 Å². The molecule has 2 heterocycles. The van der Waals surface area contributed by atoms with Gasteiger partial charge in [0.1, 0.15) is 0 Å². The Labute approximate surface area is 147 Å². The lowest BCUT2D eigenvalue weighted by Gasteiger charge is -2.14. The quantitative estimate of drug-likeness (QED) is 0.559. The Morgan fingerprint density at radius 1 is 1.42 bits per heavy atom. The summed E-state index contributed by atoms with van der Waals surface area (Å²) in [5.74, 6) is -0.167. The van der Waals surface area contributed by atoms with Crippen LogP contribution >= 0.6 is 23.1 Å². The zero-order valence-corrected chi connectivity index (χ0v) is 14.9. The van der Waals surface area contributed by atoms with Crippen molar-refractivity contribution in [3.63, 3.8) is 0 Å². The highest BCUT2D eigenvalue weighted by Crippen LogP contribution is 2.24. The maximum absolute atomic E-state index is 12.6. The predicted octanol–water partition coefficient (Wildman–Crippen LogP) is 2.99. The van der Waals surface area contributed by atoms with Crippen LogP contribution in [0.4, 0.5) is 5.13 Å². The molecule has 0 fully saturated rings. The first-order valence-corrected chi connectivity index (χ1v) is 9.22. The third kappa shape index (κ3) is 3.34. The Balaban J connectivity index is 1.88. The fourth-order valence-electron chi connectivity index (χ4n) is 2.22. The van der Waals surface area contributed by atoms with Gasteiger partial charge in [0.25, 0.3) is 5.56 Å². The summed E-state index contributed by atoms with van der Waals surface area (Å²) in [4.78, 5) is 33.5. The van der Waals surface area contributed by atoms with Crippen molar-refractivity contribution < 1.29 is 4.79 Å². The number of para-hydroxylation sites is 1. The first-order chi connectivity index (χ1) is 11.6. The van der Waals surface area contributed by atoms with Crippen LogP contribution in [0.3, 0.4) is 0 Å². The van der Waals surface area contributed by atoms with Gasteiger partial charge >= 0.3 is 0 Å². The molecule has 0 radical (unpaired) electrons. The SMILES string of the molecule is CCn1c(SC(C)C(=O)Nc2nccs2)nc2ccccc2c1=O. The number of amides is 1.